The molecular formula is C26H28Cl3N5O. The Morgan fingerprint density at radius 2 is 1.63 bits per heavy atom. The number of para-hydroxylation sites is 1. The Kier molecular flexibility index (Phi) is 9.52. The molecule has 4 aromatic rings. The molecule has 0 radical (unpaired) electrons. The molecule has 0 unspecified atom stereocenters. The minimum Gasteiger partial charge on any atom is -0.325 e. The van der Waals surface area contributed by atoms with Crippen molar-refractivity contribution in [1.82, 2.24) is 19.4 Å². The van der Waals surface area contributed by atoms with Gasteiger partial charge in [-0.1, -0.05) is 29.8 Å². The molecule has 1 aliphatic rings. The molecule has 1 aliphatic heterocycles. The highest BCUT2D eigenvalue weighted by atomic mass is 35.5. The first-order valence-electron chi connectivity index (χ1n) is 11.3. The summed E-state index contributed by atoms with van der Waals surface area (Å²) in [5, 5.41) is 1.41. The first kappa shape index (κ1) is 27.0. The van der Waals surface area contributed by atoms with E-state index in [1.807, 2.05) is 77.5 Å². The summed E-state index contributed by atoms with van der Waals surface area (Å²) in [4.78, 5) is 26.7. The third kappa shape index (κ3) is 6.14. The van der Waals surface area contributed by atoms with Crippen molar-refractivity contribution < 1.29 is 0 Å². The second kappa shape index (κ2) is 12.4. The van der Waals surface area contributed by atoms with Crippen LogP contribution in [0.15, 0.2) is 84.0 Å². The lowest BCUT2D eigenvalue weighted by molar-refractivity contribution is 0.188. The smallest absolute Gasteiger partial charge is 0.261 e. The number of aromatic nitrogens is 3. The molecule has 2 aromatic carbocycles. The van der Waals surface area contributed by atoms with Gasteiger partial charge >= 0.3 is 0 Å². The van der Waals surface area contributed by atoms with Gasteiger partial charge in [0, 0.05) is 49.1 Å². The average molecular weight is 533 g/mol. The summed E-state index contributed by atoms with van der Waals surface area (Å²) >= 11 is 6.10. The fraction of sp³-hybridized carbons (Fsp3) is 0.269. The molecular weight excluding hydrogens is 505 g/mol. The summed E-state index contributed by atoms with van der Waals surface area (Å²) in [5.41, 5.74) is 1.89. The van der Waals surface area contributed by atoms with E-state index >= 15 is 0 Å². The maximum Gasteiger partial charge on any atom is 0.261 e. The minimum atomic E-state index is 0. The molecule has 5 rings (SSSR count). The molecule has 6 nitrogen and oxygen atoms in total. The number of anilines is 2. The Balaban J connectivity index is 0.00000171. The number of hydrogen-bond donors (Lipinski definition) is 0. The van der Waals surface area contributed by atoms with Crippen LogP contribution in [0, 0.1) is 0 Å². The Morgan fingerprint density at radius 1 is 0.914 bits per heavy atom. The van der Waals surface area contributed by atoms with E-state index in [-0.39, 0.29) is 36.4 Å². The quantitative estimate of drug-likeness (QED) is 0.316. The Morgan fingerprint density at radius 3 is 2.34 bits per heavy atom. The van der Waals surface area contributed by atoms with Gasteiger partial charge in [0.25, 0.3) is 5.56 Å². The summed E-state index contributed by atoms with van der Waals surface area (Å²) in [5.74, 6) is 0.920. The van der Waals surface area contributed by atoms with Crippen molar-refractivity contribution in [3.05, 3.63) is 94.6 Å². The molecule has 1 fully saturated rings. The number of benzene rings is 2. The minimum absolute atomic E-state index is 0. The highest BCUT2D eigenvalue weighted by molar-refractivity contribution is 6.30. The number of piperidine rings is 1. The lowest BCUT2D eigenvalue weighted by Crippen LogP contribution is -2.40. The molecule has 0 N–H and O–H groups in total. The molecule has 0 bridgehead atoms. The Labute approximate surface area is 222 Å². The van der Waals surface area contributed by atoms with Gasteiger partial charge < -0.3 is 9.80 Å². The van der Waals surface area contributed by atoms with Crippen molar-refractivity contribution in [3.8, 4) is 0 Å². The van der Waals surface area contributed by atoms with Gasteiger partial charge in [-0.25, -0.2) is 9.97 Å². The maximum absolute atomic E-state index is 12.9. The first-order valence-corrected chi connectivity index (χ1v) is 11.7. The van der Waals surface area contributed by atoms with Crippen LogP contribution in [0.4, 0.5) is 11.5 Å². The lowest BCUT2D eigenvalue weighted by Gasteiger charge is -2.34. The molecule has 0 aliphatic carbocycles. The van der Waals surface area contributed by atoms with Crippen molar-refractivity contribution in [2.45, 2.75) is 18.9 Å². The van der Waals surface area contributed by atoms with Gasteiger partial charge in [0.1, 0.15) is 5.82 Å². The van der Waals surface area contributed by atoms with Crippen molar-refractivity contribution in [2.24, 2.45) is 0 Å². The van der Waals surface area contributed by atoms with Gasteiger partial charge in [0.15, 0.2) is 0 Å². The Bertz CT molecular complexity index is 1280. The lowest BCUT2D eigenvalue weighted by atomic mass is 10.0. The third-order valence-electron chi connectivity index (χ3n) is 6.34. The standard InChI is InChI=1S/C26H26ClN5O.2ClH/c27-20-8-10-21(11-9-20)31(25-7-3-4-14-28-25)18-17-30-15-12-22(13-16-30)32-19-29-24-6-2-1-5-23(24)26(32)33;;/h1-11,14,19,22H,12-13,15-18H2;2*1H. The number of rotatable bonds is 6. The number of halogens is 3. The normalized spacial score (nSPS) is 14.2. The number of pyridine rings is 1. The molecule has 2 aromatic heterocycles. The first-order chi connectivity index (χ1) is 16.2. The average Bonchev–Trinajstić information content (AvgIpc) is 2.87. The fourth-order valence-corrected chi connectivity index (χ4v) is 4.64. The van der Waals surface area contributed by atoms with Crippen molar-refractivity contribution in [2.75, 3.05) is 31.1 Å². The van der Waals surface area contributed by atoms with Crippen LogP contribution in [-0.2, 0) is 0 Å². The van der Waals surface area contributed by atoms with E-state index in [0.717, 1.165) is 61.1 Å². The number of likely N-dealkylation sites (tertiary alicyclic amines) is 1. The van der Waals surface area contributed by atoms with Gasteiger partial charge in [-0.3, -0.25) is 9.36 Å². The van der Waals surface area contributed by atoms with Crippen molar-refractivity contribution >= 4 is 58.8 Å². The zero-order valence-corrected chi connectivity index (χ0v) is 21.6. The predicted octanol–water partition coefficient (Wildman–Crippen LogP) is 5.76. The van der Waals surface area contributed by atoms with E-state index in [1.165, 1.54) is 0 Å². The molecule has 35 heavy (non-hydrogen) atoms. The van der Waals surface area contributed by atoms with Crippen LogP contribution in [-0.4, -0.2) is 45.6 Å². The van der Waals surface area contributed by atoms with Crippen LogP contribution in [0.5, 0.6) is 0 Å². The van der Waals surface area contributed by atoms with E-state index in [2.05, 4.69) is 19.8 Å². The van der Waals surface area contributed by atoms with E-state index in [9.17, 15) is 4.79 Å². The van der Waals surface area contributed by atoms with E-state index in [4.69, 9.17) is 11.6 Å². The van der Waals surface area contributed by atoms with Gasteiger partial charge in [0.05, 0.1) is 17.2 Å². The fourth-order valence-electron chi connectivity index (χ4n) is 4.52. The van der Waals surface area contributed by atoms with E-state index in [1.54, 1.807) is 6.33 Å². The van der Waals surface area contributed by atoms with E-state index < -0.39 is 0 Å². The van der Waals surface area contributed by atoms with Crippen LogP contribution < -0.4 is 10.5 Å². The largest absolute Gasteiger partial charge is 0.325 e. The molecule has 9 heteroatoms. The van der Waals surface area contributed by atoms with Gasteiger partial charge in [-0.05, 0) is 61.4 Å². The topological polar surface area (TPSA) is 54.3 Å². The summed E-state index contributed by atoms with van der Waals surface area (Å²) in [7, 11) is 0. The highest BCUT2D eigenvalue weighted by Gasteiger charge is 2.23. The van der Waals surface area contributed by atoms with Gasteiger partial charge in [-0.2, -0.15) is 0 Å². The van der Waals surface area contributed by atoms with Gasteiger partial charge in [-0.15, -0.1) is 24.8 Å². The highest BCUT2D eigenvalue weighted by Crippen LogP contribution is 2.26. The third-order valence-corrected chi connectivity index (χ3v) is 6.60. The maximum atomic E-state index is 12.9. The zero-order valence-electron chi connectivity index (χ0n) is 19.2. The van der Waals surface area contributed by atoms with Gasteiger partial charge in [0.2, 0.25) is 0 Å². The summed E-state index contributed by atoms with van der Waals surface area (Å²) in [6.45, 7) is 3.62. The number of hydrogen-bond acceptors (Lipinski definition) is 5. The van der Waals surface area contributed by atoms with Crippen LogP contribution in [0.25, 0.3) is 10.9 Å². The van der Waals surface area contributed by atoms with Crippen molar-refractivity contribution in [1.29, 1.82) is 0 Å². The van der Waals surface area contributed by atoms with E-state index in [0.29, 0.717) is 5.39 Å². The van der Waals surface area contributed by atoms with Crippen LogP contribution in [0.3, 0.4) is 0 Å². The molecule has 3 heterocycles. The SMILES string of the molecule is Cl.Cl.O=c1c2ccccc2ncn1C1CCN(CCN(c2ccc(Cl)cc2)c2ccccn2)CC1. The summed E-state index contributed by atoms with van der Waals surface area (Å²) in [6, 6.07) is 21.6. The number of fused-ring (bicyclic) bond motifs is 1. The molecule has 0 atom stereocenters. The molecule has 0 saturated carbocycles. The predicted molar refractivity (Wildman–Crippen MR) is 148 cm³/mol. The molecule has 0 spiro atoms. The molecule has 0 amide bonds. The zero-order chi connectivity index (χ0) is 22.6. The van der Waals surface area contributed by atoms with Crippen molar-refractivity contribution in [3.63, 3.8) is 0 Å². The summed E-state index contributed by atoms with van der Waals surface area (Å²) in [6.07, 6.45) is 5.41. The van der Waals surface area contributed by atoms with Crippen LogP contribution in [0.1, 0.15) is 18.9 Å². The van der Waals surface area contributed by atoms with Crippen LogP contribution >= 0.6 is 36.4 Å². The summed E-state index contributed by atoms with van der Waals surface area (Å²) < 4.78 is 1.83. The molecule has 1 saturated heterocycles. The second-order valence-corrected chi connectivity index (χ2v) is 8.80. The number of nitrogens with zero attached hydrogens (tertiary/aromatic N) is 5. The monoisotopic (exact) mass is 531 g/mol. The molecule has 184 valence electrons. The van der Waals surface area contributed by atoms with Crippen LogP contribution in [0.2, 0.25) is 5.02 Å². The second-order valence-electron chi connectivity index (χ2n) is 8.36. The Hall–Kier alpha value is -2.64.